The van der Waals surface area contributed by atoms with Crippen molar-refractivity contribution in [2.45, 2.75) is 0 Å². The van der Waals surface area contributed by atoms with Crippen LogP contribution < -0.4 is 15.9 Å². The van der Waals surface area contributed by atoms with E-state index in [1.54, 1.807) is 0 Å². The van der Waals surface area contributed by atoms with E-state index in [9.17, 15) is 0 Å². The first-order chi connectivity index (χ1) is 28.7. The SMILES string of the molecule is O=P(c1ccc2c(c1)c1ccccc1n2-c1ccccc1)(c1ccc2c(c1)c1ccccc1n2-c1ccccc1)c1cccc2c3ccccc3c3ccccc3c12. The first-order valence-electron chi connectivity index (χ1n) is 19.8. The minimum atomic E-state index is -3.61. The molecule has 0 saturated heterocycles. The van der Waals surface area contributed by atoms with E-state index in [1.807, 2.05) is 0 Å². The average Bonchev–Trinajstić information content (AvgIpc) is 3.81. The summed E-state index contributed by atoms with van der Waals surface area (Å²) in [6, 6.07) is 74.9. The molecular weight excluding hydrogens is 724 g/mol. The van der Waals surface area contributed by atoms with Crippen LogP contribution in [0, 0.1) is 0 Å². The van der Waals surface area contributed by atoms with Crippen molar-refractivity contribution in [2.24, 2.45) is 0 Å². The number of hydrogen-bond acceptors (Lipinski definition) is 1. The second-order valence-corrected chi connectivity index (χ2v) is 17.9. The number of rotatable bonds is 5. The Morgan fingerprint density at radius 1 is 0.293 bits per heavy atom. The molecule has 0 N–H and O–H groups in total. The van der Waals surface area contributed by atoms with Gasteiger partial charge < -0.3 is 13.7 Å². The summed E-state index contributed by atoms with van der Waals surface area (Å²) in [7, 11) is -3.61. The molecule has 2 heterocycles. The number of benzene rings is 10. The van der Waals surface area contributed by atoms with Gasteiger partial charge in [-0.3, -0.25) is 0 Å². The molecule has 0 radical (unpaired) electrons. The zero-order valence-corrected chi connectivity index (χ0v) is 32.4. The van der Waals surface area contributed by atoms with Crippen LogP contribution in [0.25, 0.3) is 87.3 Å². The molecule has 272 valence electrons. The van der Waals surface area contributed by atoms with Crippen LogP contribution in [-0.4, -0.2) is 9.13 Å². The molecule has 0 spiro atoms. The van der Waals surface area contributed by atoms with Crippen molar-refractivity contribution in [3.05, 3.63) is 212 Å². The zero-order chi connectivity index (χ0) is 38.4. The van der Waals surface area contributed by atoms with Gasteiger partial charge in [-0.2, -0.15) is 0 Å². The third-order valence-electron chi connectivity index (χ3n) is 12.2. The van der Waals surface area contributed by atoms with Crippen molar-refractivity contribution in [3.8, 4) is 11.4 Å². The van der Waals surface area contributed by atoms with E-state index in [2.05, 4.69) is 221 Å². The maximum absolute atomic E-state index is 17.3. The minimum Gasteiger partial charge on any atom is -0.309 e. The Labute approximate surface area is 335 Å². The highest BCUT2D eigenvalue weighted by molar-refractivity contribution is 7.85. The smallest absolute Gasteiger partial charge is 0.171 e. The molecule has 0 aliphatic rings. The summed E-state index contributed by atoms with van der Waals surface area (Å²) in [5, 5.41) is 13.7. The lowest BCUT2D eigenvalue weighted by molar-refractivity contribution is 0.592. The Balaban J connectivity index is 1.22. The number of fused-ring (bicyclic) bond motifs is 12. The van der Waals surface area contributed by atoms with Crippen molar-refractivity contribution in [3.63, 3.8) is 0 Å². The molecule has 0 fully saturated rings. The lowest BCUT2D eigenvalue weighted by atomic mass is 9.94. The third kappa shape index (κ3) is 4.66. The number of hydrogen-bond donors (Lipinski definition) is 0. The Kier molecular flexibility index (Phi) is 7.20. The van der Waals surface area contributed by atoms with Gasteiger partial charge in [0.05, 0.1) is 22.1 Å². The van der Waals surface area contributed by atoms with Crippen LogP contribution >= 0.6 is 7.14 Å². The molecule has 58 heavy (non-hydrogen) atoms. The van der Waals surface area contributed by atoms with Crippen molar-refractivity contribution in [1.29, 1.82) is 0 Å². The van der Waals surface area contributed by atoms with Gasteiger partial charge in [0.25, 0.3) is 0 Å². The third-order valence-corrected chi connectivity index (χ3v) is 15.2. The number of nitrogens with zero attached hydrogens (tertiary/aromatic N) is 2. The molecule has 4 heteroatoms. The van der Waals surface area contributed by atoms with Crippen molar-refractivity contribution in [1.82, 2.24) is 9.13 Å². The molecule has 2 aromatic heterocycles. The van der Waals surface area contributed by atoms with E-state index >= 15 is 4.57 Å². The van der Waals surface area contributed by atoms with Crippen LogP contribution in [-0.2, 0) is 4.57 Å². The molecule has 0 aliphatic heterocycles. The predicted molar refractivity (Wildman–Crippen MR) is 247 cm³/mol. The van der Waals surface area contributed by atoms with Crippen molar-refractivity contribution < 1.29 is 4.57 Å². The van der Waals surface area contributed by atoms with Crippen LogP contribution in [0.5, 0.6) is 0 Å². The highest BCUT2D eigenvalue weighted by atomic mass is 31.2. The van der Waals surface area contributed by atoms with Gasteiger partial charge in [0.2, 0.25) is 0 Å². The molecule has 0 atom stereocenters. The summed E-state index contributed by atoms with van der Waals surface area (Å²) in [5.74, 6) is 0. The van der Waals surface area contributed by atoms with Gasteiger partial charge in [0.1, 0.15) is 0 Å². The summed E-state index contributed by atoms with van der Waals surface area (Å²) >= 11 is 0. The molecule has 0 aliphatic carbocycles. The molecule has 12 rings (SSSR count). The Hall–Kier alpha value is -7.19. The van der Waals surface area contributed by atoms with E-state index in [0.29, 0.717) is 0 Å². The van der Waals surface area contributed by atoms with Crippen LogP contribution in [0.15, 0.2) is 212 Å². The van der Waals surface area contributed by atoms with Crippen molar-refractivity contribution in [2.75, 3.05) is 0 Å². The highest BCUT2D eigenvalue weighted by Gasteiger charge is 2.34. The van der Waals surface area contributed by atoms with E-state index < -0.39 is 7.14 Å². The second-order valence-electron chi connectivity index (χ2n) is 15.2. The second kappa shape index (κ2) is 12.7. The van der Waals surface area contributed by atoms with E-state index in [0.717, 1.165) is 97.8 Å². The fourth-order valence-electron chi connectivity index (χ4n) is 9.65. The molecular formula is C54H35N2OP. The van der Waals surface area contributed by atoms with Crippen LogP contribution in [0.2, 0.25) is 0 Å². The average molecular weight is 759 g/mol. The molecule has 10 aromatic carbocycles. The number of aromatic nitrogens is 2. The van der Waals surface area contributed by atoms with Crippen LogP contribution in [0.3, 0.4) is 0 Å². The summed E-state index contributed by atoms with van der Waals surface area (Å²) < 4.78 is 22.0. The molecule has 12 aromatic rings. The first kappa shape index (κ1) is 33.0. The fourth-order valence-corrected chi connectivity index (χ4v) is 12.5. The topological polar surface area (TPSA) is 26.9 Å². The summed E-state index contributed by atoms with van der Waals surface area (Å²) in [4.78, 5) is 0. The van der Waals surface area contributed by atoms with Gasteiger partial charge in [-0.1, -0.05) is 140 Å². The molecule has 0 amide bonds. The van der Waals surface area contributed by atoms with Crippen LogP contribution in [0.4, 0.5) is 0 Å². The standard InChI is InChI=1S/C54H35N2OP/c57-58(53-29-15-26-46-42-21-8-7-20-40(42)41-22-9-10-25-45(41)54(46)53,38-30-32-51-47(34-38)43-23-11-13-27-49(43)55(51)36-16-3-1-4-17-36)39-31-33-52-48(35-39)44-24-12-14-28-50(44)56(52)37-18-5-2-6-19-37/h1-35H. The Morgan fingerprint density at radius 3 is 1.14 bits per heavy atom. The largest absolute Gasteiger partial charge is 0.309 e. The van der Waals surface area contributed by atoms with Gasteiger partial charge in [0.15, 0.2) is 7.14 Å². The molecule has 3 nitrogen and oxygen atoms in total. The van der Waals surface area contributed by atoms with Gasteiger partial charge in [-0.15, -0.1) is 0 Å². The van der Waals surface area contributed by atoms with E-state index in [1.165, 1.54) is 5.39 Å². The first-order valence-corrected chi connectivity index (χ1v) is 21.5. The molecule has 0 saturated carbocycles. The Bertz CT molecular complexity index is 3450. The van der Waals surface area contributed by atoms with Gasteiger partial charge in [0, 0.05) is 54.2 Å². The molecule has 0 bridgehead atoms. The lowest BCUT2D eigenvalue weighted by Gasteiger charge is -2.24. The Morgan fingerprint density at radius 2 is 0.655 bits per heavy atom. The lowest BCUT2D eigenvalue weighted by Crippen LogP contribution is -2.26. The quantitative estimate of drug-likeness (QED) is 0.127. The maximum Gasteiger partial charge on any atom is 0.171 e. The van der Waals surface area contributed by atoms with E-state index in [-0.39, 0.29) is 0 Å². The van der Waals surface area contributed by atoms with Gasteiger partial charge in [-0.25, -0.2) is 0 Å². The van der Waals surface area contributed by atoms with Crippen LogP contribution in [0.1, 0.15) is 0 Å². The number of para-hydroxylation sites is 4. The summed E-state index contributed by atoms with van der Waals surface area (Å²) in [6.07, 6.45) is 0. The van der Waals surface area contributed by atoms with E-state index in [4.69, 9.17) is 0 Å². The molecule has 0 unspecified atom stereocenters. The zero-order valence-electron chi connectivity index (χ0n) is 31.5. The highest BCUT2D eigenvalue weighted by Crippen LogP contribution is 2.49. The summed E-state index contributed by atoms with van der Waals surface area (Å²) in [5.41, 5.74) is 6.59. The fraction of sp³-hybridized carbons (Fsp3) is 0. The van der Waals surface area contributed by atoms with Gasteiger partial charge >= 0.3 is 0 Å². The predicted octanol–water partition coefficient (Wildman–Crippen LogP) is 13.0. The normalized spacial score (nSPS) is 12.2. The van der Waals surface area contributed by atoms with Gasteiger partial charge in [-0.05, 0) is 99.7 Å². The monoisotopic (exact) mass is 758 g/mol. The minimum absolute atomic E-state index is 0.812. The maximum atomic E-state index is 17.3. The summed E-state index contributed by atoms with van der Waals surface area (Å²) in [6.45, 7) is 0. The van der Waals surface area contributed by atoms with Crippen molar-refractivity contribution >= 4 is 99.0 Å².